The minimum atomic E-state index is 0.264. The van der Waals surface area contributed by atoms with E-state index in [1.807, 2.05) is 0 Å². The van der Waals surface area contributed by atoms with Gasteiger partial charge in [-0.25, -0.2) is 0 Å². The second-order valence-electron chi connectivity index (χ2n) is 6.89. The van der Waals surface area contributed by atoms with E-state index in [1.54, 1.807) is 0 Å². The first-order valence-electron chi connectivity index (χ1n) is 8.10. The fourth-order valence-corrected chi connectivity index (χ4v) is 4.63. The summed E-state index contributed by atoms with van der Waals surface area (Å²) in [7, 11) is 0. The number of rotatable bonds is 4. The molecule has 2 unspecified atom stereocenters. The van der Waals surface area contributed by atoms with Crippen molar-refractivity contribution in [1.82, 2.24) is 0 Å². The zero-order valence-electron chi connectivity index (χ0n) is 11.6. The van der Waals surface area contributed by atoms with Crippen molar-refractivity contribution in [2.75, 3.05) is 6.61 Å². The lowest BCUT2D eigenvalue weighted by molar-refractivity contribution is -0.0503. The van der Waals surface area contributed by atoms with Crippen molar-refractivity contribution < 1.29 is 9.84 Å². The van der Waals surface area contributed by atoms with Crippen LogP contribution in [0.1, 0.15) is 70.6 Å². The van der Waals surface area contributed by atoms with E-state index >= 15 is 0 Å². The van der Waals surface area contributed by atoms with Crippen molar-refractivity contribution >= 4 is 0 Å². The van der Waals surface area contributed by atoms with Crippen LogP contribution in [0.4, 0.5) is 0 Å². The maximum atomic E-state index is 9.65. The molecule has 0 aromatic rings. The molecule has 2 nitrogen and oxygen atoms in total. The van der Waals surface area contributed by atoms with E-state index in [0.717, 1.165) is 12.3 Å². The van der Waals surface area contributed by atoms with Gasteiger partial charge >= 0.3 is 0 Å². The molecule has 3 rings (SSSR count). The summed E-state index contributed by atoms with van der Waals surface area (Å²) < 4.78 is 6.39. The van der Waals surface area contributed by atoms with Crippen LogP contribution in [0.5, 0.6) is 0 Å². The van der Waals surface area contributed by atoms with Crippen LogP contribution >= 0.6 is 0 Å². The highest BCUT2D eigenvalue weighted by atomic mass is 16.5. The van der Waals surface area contributed by atoms with Gasteiger partial charge in [0.2, 0.25) is 0 Å². The molecular weight excluding hydrogens is 224 g/mol. The first-order chi connectivity index (χ1) is 8.81. The van der Waals surface area contributed by atoms with Gasteiger partial charge in [-0.3, -0.25) is 0 Å². The van der Waals surface area contributed by atoms with E-state index < -0.39 is 0 Å². The fraction of sp³-hybridized carbons (Fsp3) is 1.00. The minimum absolute atomic E-state index is 0.264. The highest BCUT2D eigenvalue weighted by Gasteiger charge is 2.43. The Labute approximate surface area is 111 Å². The number of aliphatic hydroxyl groups is 1. The van der Waals surface area contributed by atoms with Crippen LogP contribution in [0.25, 0.3) is 0 Å². The molecule has 2 aliphatic carbocycles. The second kappa shape index (κ2) is 5.50. The molecule has 104 valence electrons. The largest absolute Gasteiger partial charge is 0.396 e. The van der Waals surface area contributed by atoms with Crippen molar-refractivity contribution in [1.29, 1.82) is 0 Å². The van der Waals surface area contributed by atoms with Crippen molar-refractivity contribution in [3.63, 3.8) is 0 Å². The standard InChI is InChI=1S/C16H28O2/c17-12-14(13-5-1-2-6-13)11-15-7-10-16(18-15)8-3-4-9-16/h13-15,17H,1-12H2. The van der Waals surface area contributed by atoms with Gasteiger partial charge in [-0.2, -0.15) is 0 Å². The maximum Gasteiger partial charge on any atom is 0.0687 e. The predicted octanol–water partition coefficient (Wildman–Crippen LogP) is 3.67. The van der Waals surface area contributed by atoms with E-state index in [9.17, 15) is 5.11 Å². The zero-order chi connectivity index (χ0) is 12.4. The molecule has 1 N–H and O–H groups in total. The van der Waals surface area contributed by atoms with Gasteiger partial charge in [-0.05, 0) is 43.9 Å². The van der Waals surface area contributed by atoms with Gasteiger partial charge in [0.15, 0.2) is 0 Å². The van der Waals surface area contributed by atoms with Gasteiger partial charge in [-0.1, -0.05) is 38.5 Å². The Kier molecular flexibility index (Phi) is 3.95. The summed E-state index contributed by atoms with van der Waals surface area (Å²) in [6, 6.07) is 0. The molecule has 3 aliphatic rings. The first kappa shape index (κ1) is 12.9. The third-order valence-corrected chi connectivity index (χ3v) is 5.72. The van der Waals surface area contributed by atoms with Crippen molar-refractivity contribution in [3.8, 4) is 0 Å². The number of aliphatic hydroxyl groups excluding tert-OH is 1. The summed E-state index contributed by atoms with van der Waals surface area (Å²) in [6.45, 7) is 0.373. The summed E-state index contributed by atoms with van der Waals surface area (Å²) >= 11 is 0. The highest BCUT2D eigenvalue weighted by Crippen LogP contribution is 2.45. The molecule has 0 aromatic heterocycles. The molecule has 3 fully saturated rings. The molecule has 2 atom stereocenters. The summed E-state index contributed by atoms with van der Waals surface area (Å²) in [4.78, 5) is 0. The minimum Gasteiger partial charge on any atom is -0.396 e. The summed E-state index contributed by atoms with van der Waals surface area (Å²) in [6.07, 6.45) is 14.8. The second-order valence-corrected chi connectivity index (χ2v) is 6.89. The topological polar surface area (TPSA) is 29.5 Å². The van der Waals surface area contributed by atoms with Crippen LogP contribution in [0.15, 0.2) is 0 Å². The van der Waals surface area contributed by atoms with Crippen LogP contribution in [0.2, 0.25) is 0 Å². The van der Waals surface area contributed by atoms with Crippen LogP contribution in [0, 0.1) is 11.8 Å². The predicted molar refractivity (Wildman–Crippen MR) is 72.5 cm³/mol. The quantitative estimate of drug-likeness (QED) is 0.827. The van der Waals surface area contributed by atoms with E-state index in [2.05, 4.69) is 0 Å². The van der Waals surface area contributed by atoms with E-state index in [4.69, 9.17) is 4.74 Å². The average Bonchev–Trinajstić information content (AvgIpc) is 3.10. The Hall–Kier alpha value is -0.0800. The third kappa shape index (κ3) is 2.60. The highest BCUT2D eigenvalue weighted by molar-refractivity contribution is 4.93. The van der Waals surface area contributed by atoms with Gasteiger partial charge in [0.1, 0.15) is 0 Å². The number of hydrogen-bond acceptors (Lipinski definition) is 2. The van der Waals surface area contributed by atoms with Gasteiger partial charge in [0, 0.05) is 6.61 Å². The number of ether oxygens (including phenoxy) is 1. The van der Waals surface area contributed by atoms with Crippen molar-refractivity contribution in [2.45, 2.75) is 82.3 Å². The molecule has 0 bridgehead atoms. The monoisotopic (exact) mass is 252 g/mol. The molecule has 2 saturated carbocycles. The van der Waals surface area contributed by atoms with E-state index in [0.29, 0.717) is 18.6 Å². The lowest BCUT2D eigenvalue weighted by Gasteiger charge is -2.27. The fourth-order valence-electron chi connectivity index (χ4n) is 4.63. The van der Waals surface area contributed by atoms with Crippen molar-refractivity contribution in [2.24, 2.45) is 11.8 Å². The molecule has 0 amide bonds. The Balaban J connectivity index is 1.52. The van der Waals surface area contributed by atoms with Gasteiger partial charge in [0.25, 0.3) is 0 Å². The molecular formula is C16H28O2. The molecule has 1 heterocycles. The van der Waals surface area contributed by atoms with Crippen LogP contribution in [-0.4, -0.2) is 23.4 Å². The average molecular weight is 252 g/mol. The lowest BCUT2D eigenvalue weighted by atomic mass is 9.86. The summed E-state index contributed by atoms with van der Waals surface area (Å²) in [5.41, 5.74) is 0.264. The van der Waals surface area contributed by atoms with Gasteiger partial charge in [0.05, 0.1) is 11.7 Å². The van der Waals surface area contributed by atoms with Gasteiger partial charge < -0.3 is 9.84 Å². The van der Waals surface area contributed by atoms with Gasteiger partial charge in [-0.15, -0.1) is 0 Å². The van der Waals surface area contributed by atoms with Crippen LogP contribution in [0.3, 0.4) is 0 Å². The van der Waals surface area contributed by atoms with Crippen molar-refractivity contribution in [3.05, 3.63) is 0 Å². The molecule has 1 aliphatic heterocycles. The maximum absolute atomic E-state index is 9.65. The normalized spacial score (nSPS) is 33.5. The third-order valence-electron chi connectivity index (χ3n) is 5.72. The molecule has 18 heavy (non-hydrogen) atoms. The lowest BCUT2D eigenvalue weighted by Crippen LogP contribution is -2.27. The Bertz CT molecular complexity index is 264. The molecule has 1 saturated heterocycles. The van der Waals surface area contributed by atoms with Crippen LogP contribution in [-0.2, 0) is 4.74 Å². The zero-order valence-corrected chi connectivity index (χ0v) is 11.6. The Morgan fingerprint density at radius 1 is 1.00 bits per heavy atom. The summed E-state index contributed by atoms with van der Waals surface area (Å²) in [5, 5.41) is 9.65. The smallest absolute Gasteiger partial charge is 0.0687 e. The summed E-state index contributed by atoms with van der Waals surface area (Å²) in [5.74, 6) is 1.28. The molecule has 0 aromatic carbocycles. The Morgan fingerprint density at radius 3 is 2.39 bits per heavy atom. The Morgan fingerprint density at radius 2 is 1.72 bits per heavy atom. The molecule has 1 spiro atoms. The van der Waals surface area contributed by atoms with E-state index in [1.165, 1.54) is 64.2 Å². The number of hydrogen-bond donors (Lipinski definition) is 1. The van der Waals surface area contributed by atoms with E-state index in [-0.39, 0.29) is 5.60 Å². The molecule has 2 heteroatoms. The first-order valence-corrected chi connectivity index (χ1v) is 8.10. The SMILES string of the molecule is OCC(CC1CCC2(CCCC2)O1)C1CCCC1. The molecule has 0 radical (unpaired) electrons. The van der Waals surface area contributed by atoms with Crippen LogP contribution < -0.4 is 0 Å².